The molecule has 1 aliphatic heterocycles. The van der Waals surface area contributed by atoms with Crippen molar-refractivity contribution < 1.29 is 4.39 Å². The maximum absolute atomic E-state index is 14.9. The van der Waals surface area contributed by atoms with Gasteiger partial charge >= 0.3 is 0 Å². The summed E-state index contributed by atoms with van der Waals surface area (Å²) >= 11 is 7.51. The SMILES string of the molecule is N#Cc1c(N)sc2c1CCN(c1ccc3c(Cl)ccnc3c1F)C2. The topological polar surface area (TPSA) is 65.9 Å². The highest BCUT2D eigenvalue weighted by molar-refractivity contribution is 7.16. The monoisotopic (exact) mass is 358 g/mol. The minimum atomic E-state index is -0.372. The van der Waals surface area contributed by atoms with Gasteiger partial charge in [0.2, 0.25) is 0 Å². The smallest absolute Gasteiger partial charge is 0.172 e. The molecule has 0 bridgehead atoms. The van der Waals surface area contributed by atoms with Gasteiger partial charge in [-0.05, 0) is 30.2 Å². The maximum atomic E-state index is 14.9. The molecular weight excluding hydrogens is 347 g/mol. The molecule has 1 aromatic carbocycles. The number of halogens is 2. The Morgan fingerprint density at radius 3 is 3.00 bits per heavy atom. The standard InChI is InChI=1S/C17H12ClFN4S/c18-12-3-5-22-16-10(12)1-2-13(15(16)19)23-6-4-9-11(7-20)17(21)24-14(9)8-23/h1-3,5H,4,6,8,21H2. The van der Waals surface area contributed by atoms with Crippen LogP contribution >= 0.6 is 22.9 Å². The summed E-state index contributed by atoms with van der Waals surface area (Å²) in [7, 11) is 0. The van der Waals surface area contributed by atoms with E-state index in [9.17, 15) is 9.65 Å². The van der Waals surface area contributed by atoms with Gasteiger partial charge in [0.15, 0.2) is 5.82 Å². The van der Waals surface area contributed by atoms with E-state index < -0.39 is 0 Å². The van der Waals surface area contributed by atoms with Gasteiger partial charge in [-0.25, -0.2) is 4.39 Å². The van der Waals surface area contributed by atoms with Gasteiger partial charge in [-0.2, -0.15) is 5.26 Å². The molecule has 0 aliphatic carbocycles. The van der Waals surface area contributed by atoms with Crippen LogP contribution in [0.1, 0.15) is 16.0 Å². The van der Waals surface area contributed by atoms with Crippen molar-refractivity contribution in [3.63, 3.8) is 0 Å². The summed E-state index contributed by atoms with van der Waals surface area (Å²) in [6, 6.07) is 7.34. The number of rotatable bonds is 1. The van der Waals surface area contributed by atoms with Crippen LogP contribution in [0.5, 0.6) is 0 Å². The van der Waals surface area contributed by atoms with Gasteiger partial charge < -0.3 is 10.6 Å². The Kier molecular flexibility index (Phi) is 3.56. The lowest BCUT2D eigenvalue weighted by Crippen LogP contribution is -2.30. The molecule has 7 heteroatoms. The summed E-state index contributed by atoms with van der Waals surface area (Å²) in [4.78, 5) is 7.10. The second-order valence-corrected chi connectivity index (χ2v) is 7.16. The van der Waals surface area contributed by atoms with E-state index in [1.165, 1.54) is 17.5 Å². The van der Waals surface area contributed by atoms with E-state index in [-0.39, 0.29) is 11.3 Å². The molecule has 0 saturated heterocycles. The predicted octanol–water partition coefficient (Wildman–Crippen LogP) is 4.11. The third kappa shape index (κ3) is 2.20. The second-order valence-electron chi connectivity index (χ2n) is 5.61. The van der Waals surface area contributed by atoms with Gasteiger partial charge in [0.1, 0.15) is 16.6 Å². The fourth-order valence-electron chi connectivity index (χ4n) is 3.14. The van der Waals surface area contributed by atoms with Crippen molar-refractivity contribution in [3.8, 4) is 6.07 Å². The van der Waals surface area contributed by atoms with E-state index in [2.05, 4.69) is 11.1 Å². The number of nitriles is 1. The van der Waals surface area contributed by atoms with Crippen molar-refractivity contribution in [3.05, 3.63) is 51.2 Å². The Labute approximate surface area is 146 Å². The summed E-state index contributed by atoms with van der Waals surface area (Å²) < 4.78 is 14.9. The highest BCUT2D eigenvalue weighted by Gasteiger charge is 2.25. The number of anilines is 2. The van der Waals surface area contributed by atoms with Gasteiger partial charge in [0.05, 0.1) is 22.8 Å². The van der Waals surface area contributed by atoms with Crippen molar-refractivity contribution in [2.24, 2.45) is 0 Å². The van der Waals surface area contributed by atoms with Crippen molar-refractivity contribution in [1.82, 2.24) is 4.98 Å². The van der Waals surface area contributed by atoms with Gasteiger partial charge in [-0.3, -0.25) is 4.98 Å². The largest absolute Gasteiger partial charge is 0.389 e. The van der Waals surface area contributed by atoms with Crippen LogP contribution in [-0.2, 0) is 13.0 Å². The zero-order valence-electron chi connectivity index (χ0n) is 12.5. The molecule has 4 rings (SSSR count). The Morgan fingerprint density at radius 1 is 1.38 bits per heavy atom. The molecule has 0 spiro atoms. The first-order valence-corrected chi connectivity index (χ1v) is 8.57. The zero-order chi connectivity index (χ0) is 16.8. The van der Waals surface area contributed by atoms with E-state index in [0.717, 1.165) is 10.4 Å². The lowest BCUT2D eigenvalue weighted by Gasteiger charge is -2.29. The predicted molar refractivity (Wildman–Crippen MR) is 94.9 cm³/mol. The van der Waals surface area contributed by atoms with Crippen LogP contribution in [0, 0.1) is 17.1 Å². The fourth-order valence-corrected chi connectivity index (χ4v) is 4.43. The fraction of sp³-hybridized carbons (Fsp3) is 0.176. The number of fused-ring (bicyclic) bond motifs is 2. The first kappa shape index (κ1) is 15.2. The van der Waals surface area contributed by atoms with Crippen LogP contribution in [0.3, 0.4) is 0 Å². The van der Waals surface area contributed by atoms with Crippen molar-refractivity contribution in [1.29, 1.82) is 5.26 Å². The third-order valence-electron chi connectivity index (χ3n) is 4.31. The second kappa shape index (κ2) is 5.62. The quantitative estimate of drug-likeness (QED) is 0.711. The Balaban J connectivity index is 1.77. The molecule has 0 unspecified atom stereocenters. The summed E-state index contributed by atoms with van der Waals surface area (Å²) in [5.41, 5.74) is 8.25. The van der Waals surface area contributed by atoms with E-state index in [1.807, 2.05) is 4.90 Å². The summed E-state index contributed by atoms with van der Waals surface area (Å²) in [6.07, 6.45) is 2.18. The molecule has 0 atom stereocenters. The van der Waals surface area contributed by atoms with E-state index >= 15 is 0 Å². The number of hydrogen-bond donors (Lipinski definition) is 1. The molecular formula is C17H12ClFN4S. The average Bonchev–Trinajstić information content (AvgIpc) is 2.90. The van der Waals surface area contributed by atoms with E-state index in [0.29, 0.717) is 46.2 Å². The van der Waals surface area contributed by atoms with Gasteiger partial charge in [0.25, 0.3) is 0 Å². The number of nitrogen functional groups attached to an aromatic ring is 1. The lowest BCUT2D eigenvalue weighted by atomic mass is 10.0. The molecule has 0 fully saturated rings. The number of nitrogens with zero attached hydrogens (tertiary/aromatic N) is 3. The highest BCUT2D eigenvalue weighted by Crippen LogP contribution is 2.37. The molecule has 2 aromatic heterocycles. The zero-order valence-corrected chi connectivity index (χ0v) is 14.1. The van der Waals surface area contributed by atoms with Crippen LogP contribution in [0.25, 0.3) is 10.9 Å². The van der Waals surface area contributed by atoms with Crippen LogP contribution in [0.15, 0.2) is 24.4 Å². The van der Waals surface area contributed by atoms with Crippen LogP contribution in [0.4, 0.5) is 15.1 Å². The van der Waals surface area contributed by atoms with Gasteiger partial charge in [-0.15, -0.1) is 11.3 Å². The molecule has 1 aliphatic rings. The van der Waals surface area contributed by atoms with Crippen LogP contribution in [0.2, 0.25) is 5.02 Å². The number of pyridine rings is 1. The van der Waals surface area contributed by atoms with Gasteiger partial charge in [-0.1, -0.05) is 11.6 Å². The molecule has 2 N–H and O–H groups in total. The molecule has 24 heavy (non-hydrogen) atoms. The van der Waals surface area contributed by atoms with Crippen LogP contribution in [-0.4, -0.2) is 11.5 Å². The lowest BCUT2D eigenvalue weighted by molar-refractivity contribution is 0.620. The number of benzene rings is 1. The molecule has 4 nitrogen and oxygen atoms in total. The van der Waals surface area contributed by atoms with Crippen molar-refractivity contribution in [2.75, 3.05) is 17.2 Å². The van der Waals surface area contributed by atoms with Crippen molar-refractivity contribution >= 4 is 44.5 Å². The molecule has 0 saturated carbocycles. The minimum absolute atomic E-state index is 0.272. The molecule has 0 radical (unpaired) electrons. The summed E-state index contributed by atoms with van der Waals surface area (Å²) in [5, 5.41) is 10.8. The van der Waals surface area contributed by atoms with Crippen molar-refractivity contribution in [2.45, 2.75) is 13.0 Å². The third-order valence-corrected chi connectivity index (χ3v) is 5.69. The molecule has 120 valence electrons. The van der Waals surface area contributed by atoms with E-state index in [4.69, 9.17) is 17.3 Å². The number of aromatic nitrogens is 1. The Hall–Kier alpha value is -2.36. The van der Waals surface area contributed by atoms with Gasteiger partial charge in [0, 0.05) is 23.0 Å². The van der Waals surface area contributed by atoms with Crippen LogP contribution < -0.4 is 10.6 Å². The summed E-state index contributed by atoms with van der Waals surface area (Å²) in [5.74, 6) is -0.372. The maximum Gasteiger partial charge on any atom is 0.172 e. The Bertz CT molecular complexity index is 1010. The van der Waals surface area contributed by atoms with E-state index in [1.54, 1.807) is 18.2 Å². The highest BCUT2D eigenvalue weighted by atomic mass is 35.5. The number of thiophene rings is 1. The minimum Gasteiger partial charge on any atom is -0.389 e. The molecule has 3 aromatic rings. The molecule has 3 heterocycles. The molecule has 0 amide bonds. The summed E-state index contributed by atoms with van der Waals surface area (Å²) in [6.45, 7) is 1.16. The first-order chi connectivity index (χ1) is 11.6. The first-order valence-electron chi connectivity index (χ1n) is 7.38. The number of nitrogens with two attached hydrogens (primary N) is 1. The normalized spacial score (nSPS) is 13.8. The number of hydrogen-bond acceptors (Lipinski definition) is 5. The Morgan fingerprint density at radius 2 is 2.21 bits per heavy atom. The average molecular weight is 359 g/mol.